The minimum atomic E-state index is -0.137. The van der Waals surface area contributed by atoms with Gasteiger partial charge < -0.3 is 14.6 Å². The lowest BCUT2D eigenvalue weighted by Gasteiger charge is -2.31. The van der Waals surface area contributed by atoms with E-state index in [1.807, 2.05) is 36.9 Å². The molecule has 0 aliphatic carbocycles. The summed E-state index contributed by atoms with van der Waals surface area (Å²) in [5, 5.41) is 1.10. The second kappa shape index (κ2) is 6.67. The highest BCUT2D eigenvalue weighted by Gasteiger charge is 2.29. The number of para-hydroxylation sites is 1. The van der Waals surface area contributed by atoms with Gasteiger partial charge in [-0.3, -0.25) is 9.59 Å². The van der Waals surface area contributed by atoms with E-state index in [9.17, 15) is 9.59 Å². The monoisotopic (exact) mass is 328 g/mol. The molecule has 1 amide bonds. The molecule has 1 N–H and O–H groups in total. The van der Waals surface area contributed by atoms with Crippen molar-refractivity contribution in [3.8, 4) is 0 Å². The molecule has 2 aromatic rings. The summed E-state index contributed by atoms with van der Waals surface area (Å²) in [4.78, 5) is 29.9. The molecule has 0 radical (unpaired) electrons. The van der Waals surface area contributed by atoms with Gasteiger partial charge in [0.05, 0.1) is 23.6 Å². The molecule has 1 fully saturated rings. The van der Waals surface area contributed by atoms with Crippen LogP contribution < -0.4 is 0 Å². The number of likely N-dealkylation sites (tertiary alicyclic amines) is 1. The molecule has 0 atom stereocenters. The summed E-state index contributed by atoms with van der Waals surface area (Å²) in [5.41, 5.74) is 3.88. The van der Waals surface area contributed by atoms with Crippen molar-refractivity contribution in [2.75, 3.05) is 19.7 Å². The highest BCUT2D eigenvalue weighted by molar-refractivity contribution is 6.06. The number of ether oxygens (including phenoxy) is 1. The van der Waals surface area contributed by atoms with Crippen LogP contribution in [0.4, 0.5) is 0 Å². The van der Waals surface area contributed by atoms with Crippen molar-refractivity contribution in [2.45, 2.75) is 33.6 Å². The van der Waals surface area contributed by atoms with Gasteiger partial charge >= 0.3 is 5.97 Å². The van der Waals surface area contributed by atoms with Crippen LogP contribution in [0.2, 0.25) is 0 Å². The van der Waals surface area contributed by atoms with Crippen LogP contribution in [0, 0.1) is 19.8 Å². The van der Waals surface area contributed by atoms with Crippen LogP contribution in [-0.2, 0) is 9.53 Å². The van der Waals surface area contributed by atoms with Crippen molar-refractivity contribution in [3.05, 3.63) is 35.0 Å². The lowest BCUT2D eigenvalue weighted by atomic mass is 9.96. The second-order valence-corrected chi connectivity index (χ2v) is 6.42. The number of benzene rings is 1. The van der Waals surface area contributed by atoms with Crippen molar-refractivity contribution in [1.29, 1.82) is 0 Å². The van der Waals surface area contributed by atoms with Gasteiger partial charge in [-0.15, -0.1) is 0 Å². The first-order chi connectivity index (χ1) is 11.5. The topological polar surface area (TPSA) is 62.4 Å². The van der Waals surface area contributed by atoms with E-state index in [2.05, 4.69) is 11.9 Å². The number of hydrogen-bond acceptors (Lipinski definition) is 3. The van der Waals surface area contributed by atoms with Gasteiger partial charge in [0.15, 0.2) is 0 Å². The SMILES string of the molecule is CCOC(=O)C1CCN(C(=O)c2cccc3c(C)c(C)[nH]c23)CC1. The number of carbonyl (C=O) groups excluding carboxylic acids is 2. The van der Waals surface area contributed by atoms with E-state index in [1.165, 1.54) is 5.56 Å². The molecule has 128 valence electrons. The van der Waals surface area contributed by atoms with E-state index in [-0.39, 0.29) is 17.8 Å². The molecule has 1 aromatic carbocycles. The standard InChI is InChI=1S/C19H24N2O3/c1-4-24-19(23)14-8-10-21(11-9-14)18(22)16-7-5-6-15-12(2)13(3)20-17(15)16/h5-7,14,20H,4,8-11H2,1-3H3. The third-order valence-corrected chi connectivity index (χ3v) is 4.98. The highest BCUT2D eigenvalue weighted by Crippen LogP contribution is 2.27. The number of rotatable bonds is 3. The number of hydrogen-bond donors (Lipinski definition) is 1. The van der Waals surface area contributed by atoms with Crippen LogP contribution in [0.1, 0.15) is 41.4 Å². The average Bonchev–Trinajstić information content (AvgIpc) is 2.89. The quantitative estimate of drug-likeness (QED) is 0.880. The molecule has 0 unspecified atom stereocenters. The number of aromatic amines is 1. The molecule has 5 heteroatoms. The number of carbonyl (C=O) groups is 2. The third kappa shape index (κ3) is 2.90. The summed E-state index contributed by atoms with van der Waals surface area (Å²) in [5.74, 6) is -0.189. The zero-order chi connectivity index (χ0) is 17.3. The Balaban J connectivity index is 1.77. The summed E-state index contributed by atoms with van der Waals surface area (Å²) in [6.07, 6.45) is 1.34. The molecule has 3 rings (SSSR count). The summed E-state index contributed by atoms with van der Waals surface area (Å²) in [6, 6.07) is 5.84. The maximum Gasteiger partial charge on any atom is 0.309 e. The van der Waals surface area contributed by atoms with Crippen LogP contribution in [0.25, 0.3) is 10.9 Å². The first kappa shape index (κ1) is 16.6. The second-order valence-electron chi connectivity index (χ2n) is 6.42. The van der Waals surface area contributed by atoms with E-state index in [0.29, 0.717) is 38.1 Å². The van der Waals surface area contributed by atoms with E-state index in [4.69, 9.17) is 4.74 Å². The van der Waals surface area contributed by atoms with Gasteiger partial charge in [0.1, 0.15) is 0 Å². The number of amides is 1. The normalized spacial score (nSPS) is 15.7. The van der Waals surface area contributed by atoms with Crippen LogP contribution in [0.5, 0.6) is 0 Å². The van der Waals surface area contributed by atoms with Crippen molar-refractivity contribution in [1.82, 2.24) is 9.88 Å². The molecule has 0 bridgehead atoms. The minimum absolute atomic E-state index is 0.0316. The Labute approximate surface area is 142 Å². The number of nitrogens with zero attached hydrogens (tertiary/aromatic N) is 1. The Kier molecular flexibility index (Phi) is 4.60. The molecule has 2 heterocycles. The zero-order valence-corrected chi connectivity index (χ0v) is 14.5. The zero-order valence-electron chi connectivity index (χ0n) is 14.5. The number of aryl methyl sites for hydroxylation is 2. The largest absolute Gasteiger partial charge is 0.466 e. The molecule has 5 nitrogen and oxygen atoms in total. The van der Waals surface area contributed by atoms with Gasteiger partial charge in [-0.2, -0.15) is 0 Å². The summed E-state index contributed by atoms with van der Waals surface area (Å²) >= 11 is 0. The highest BCUT2D eigenvalue weighted by atomic mass is 16.5. The van der Waals surface area contributed by atoms with Gasteiger partial charge in [0.25, 0.3) is 5.91 Å². The Morgan fingerprint density at radius 1 is 1.25 bits per heavy atom. The predicted molar refractivity (Wildman–Crippen MR) is 93.0 cm³/mol. The van der Waals surface area contributed by atoms with Gasteiger partial charge in [-0.1, -0.05) is 12.1 Å². The molecular formula is C19H24N2O3. The number of fused-ring (bicyclic) bond motifs is 1. The fourth-order valence-electron chi connectivity index (χ4n) is 3.41. The first-order valence-corrected chi connectivity index (χ1v) is 8.56. The third-order valence-electron chi connectivity index (χ3n) is 4.98. The maximum atomic E-state index is 12.9. The fraction of sp³-hybridized carbons (Fsp3) is 0.474. The van der Waals surface area contributed by atoms with Crippen LogP contribution in [0.15, 0.2) is 18.2 Å². The summed E-state index contributed by atoms with van der Waals surface area (Å²) in [6.45, 7) is 7.50. The molecule has 0 saturated carbocycles. The molecule has 0 spiro atoms. The van der Waals surface area contributed by atoms with Crippen LogP contribution in [-0.4, -0.2) is 41.5 Å². The smallest absolute Gasteiger partial charge is 0.309 e. The maximum absolute atomic E-state index is 12.9. The Morgan fingerprint density at radius 2 is 1.96 bits per heavy atom. The van der Waals surface area contributed by atoms with Gasteiger partial charge in [0.2, 0.25) is 0 Å². The van der Waals surface area contributed by atoms with E-state index < -0.39 is 0 Å². The first-order valence-electron chi connectivity index (χ1n) is 8.56. The van der Waals surface area contributed by atoms with E-state index >= 15 is 0 Å². The predicted octanol–water partition coefficient (Wildman–Crippen LogP) is 3.20. The van der Waals surface area contributed by atoms with Crippen molar-refractivity contribution < 1.29 is 14.3 Å². The number of H-pyrrole nitrogens is 1. The average molecular weight is 328 g/mol. The molecule has 1 aliphatic rings. The van der Waals surface area contributed by atoms with Gasteiger partial charge in [-0.05, 0) is 45.2 Å². The molecule has 24 heavy (non-hydrogen) atoms. The molecule has 1 aromatic heterocycles. The van der Waals surface area contributed by atoms with Gasteiger partial charge in [0, 0.05) is 24.2 Å². The lowest BCUT2D eigenvalue weighted by molar-refractivity contribution is -0.149. The van der Waals surface area contributed by atoms with E-state index in [0.717, 1.165) is 16.6 Å². The summed E-state index contributed by atoms with van der Waals surface area (Å²) < 4.78 is 5.09. The Morgan fingerprint density at radius 3 is 2.62 bits per heavy atom. The summed E-state index contributed by atoms with van der Waals surface area (Å²) in [7, 11) is 0. The molecule has 1 saturated heterocycles. The van der Waals surface area contributed by atoms with Crippen molar-refractivity contribution in [2.24, 2.45) is 5.92 Å². The minimum Gasteiger partial charge on any atom is -0.466 e. The molecule has 1 aliphatic heterocycles. The number of esters is 1. The van der Waals surface area contributed by atoms with Crippen LogP contribution in [0.3, 0.4) is 0 Å². The van der Waals surface area contributed by atoms with Crippen LogP contribution >= 0.6 is 0 Å². The number of aromatic nitrogens is 1. The molecular weight excluding hydrogens is 304 g/mol. The van der Waals surface area contributed by atoms with Crippen molar-refractivity contribution >= 4 is 22.8 Å². The number of piperidine rings is 1. The van der Waals surface area contributed by atoms with E-state index in [1.54, 1.807) is 0 Å². The number of nitrogens with one attached hydrogen (secondary N) is 1. The Hall–Kier alpha value is -2.30. The van der Waals surface area contributed by atoms with Gasteiger partial charge in [-0.25, -0.2) is 0 Å². The van der Waals surface area contributed by atoms with Crippen molar-refractivity contribution in [3.63, 3.8) is 0 Å². The lowest BCUT2D eigenvalue weighted by Crippen LogP contribution is -2.40. The fourth-order valence-corrected chi connectivity index (χ4v) is 3.41. The Bertz CT molecular complexity index is 770.